The Balaban J connectivity index is 2.40. The normalized spacial score (nSPS) is 12.8. The molecule has 1 rings (SSSR count). The lowest BCUT2D eigenvalue weighted by molar-refractivity contribution is 0.230. The number of benzene rings is 1. The summed E-state index contributed by atoms with van der Waals surface area (Å²) >= 11 is 3.40. The standard InChI is InChI=1S/C13H20BrNO/c1-10(2)7-11(8-15)9-16-13-5-3-12(14)4-6-13/h3-6,10-11H,7-9,15H2,1-2H3. The van der Waals surface area contributed by atoms with Gasteiger partial charge in [0.25, 0.3) is 0 Å². The van der Waals surface area contributed by atoms with Gasteiger partial charge in [0, 0.05) is 10.4 Å². The second kappa shape index (κ2) is 6.92. The third-order valence-electron chi connectivity index (χ3n) is 2.44. The quantitative estimate of drug-likeness (QED) is 0.869. The van der Waals surface area contributed by atoms with Crippen molar-refractivity contribution in [2.24, 2.45) is 17.6 Å². The van der Waals surface area contributed by atoms with Gasteiger partial charge in [0.2, 0.25) is 0 Å². The molecular weight excluding hydrogens is 266 g/mol. The summed E-state index contributed by atoms with van der Waals surface area (Å²) in [6.07, 6.45) is 1.12. The lowest BCUT2D eigenvalue weighted by Gasteiger charge is -2.17. The van der Waals surface area contributed by atoms with Gasteiger partial charge in [-0.3, -0.25) is 0 Å². The molecule has 3 heteroatoms. The summed E-state index contributed by atoms with van der Waals surface area (Å²) in [4.78, 5) is 0. The van der Waals surface area contributed by atoms with Crippen LogP contribution in [0.25, 0.3) is 0 Å². The van der Waals surface area contributed by atoms with Crippen molar-refractivity contribution in [3.8, 4) is 5.75 Å². The molecule has 2 nitrogen and oxygen atoms in total. The molecule has 1 unspecified atom stereocenters. The van der Waals surface area contributed by atoms with Crippen molar-refractivity contribution in [2.45, 2.75) is 20.3 Å². The first-order valence-corrected chi connectivity index (χ1v) is 6.49. The van der Waals surface area contributed by atoms with E-state index in [0.29, 0.717) is 25.0 Å². The molecule has 1 aromatic rings. The molecular formula is C13H20BrNO. The van der Waals surface area contributed by atoms with Crippen LogP contribution in [0.3, 0.4) is 0 Å². The van der Waals surface area contributed by atoms with Crippen LogP contribution < -0.4 is 10.5 Å². The second-order valence-electron chi connectivity index (χ2n) is 4.50. The highest BCUT2D eigenvalue weighted by Crippen LogP contribution is 2.18. The van der Waals surface area contributed by atoms with Crippen molar-refractivity contribution in [2.75, 3.05) is 13.2 Å². The molecule has 1 atom stereocenters. The molecule has 0 heterocycles. The summed E-state index contributed by atoms with van der Waals surface area (Å²) in [6, 6.07) is 7.89. The second-order valence-corrected chi connectivity index (χ2v) is 5.41. The topological polar surface area (TPSA) is 35.2 Å². The minimum absolute atomic E-state index is 0.448. The van der Waals surface area contributed by atoms with Crippen molar-refractivity contribution in [1.29, 1.82) is 0 Å². The van der Waals surface area contributed by atoms with E-state index in [1.807, 2.05) is 24.3 Å². The van der Waals surface area contributed by atoms with E-state index < -0.39 is 0 Å². The molecule has 0 saturated carbocycles. The minimum atomic E-state index is 0.448. The zero-order chi connectivity index (χ0) is 12.0. The van der Waals surface area contributed by atoms with Gasteiger partial charge in [-0.05, 0) is 43.1 Å². The third-order valence-corrected chi connectivity index (χ3v) is 2.97. The molecule has 0 aromatic heterocycles. The van der Waals surface area contributed by atoms with Gasteiger partial charge >= 0.3 is 0 Å². The van der Waals surface area contributed by atoms with Crippen molar-refractivity contribution in [1.82, 2.24) is 0 Å². The molecule has 0 bridgehead atoms. The maximum atomic E-state index is 5.72. The van der Waals surface area contributed by atoms with Crippen LogP contribution in [0.15, 0.2) is 28.7 Å². The molecule has 0 aliphatic carbocycles. The lowest BCUT2D eigenvalue weighted by Crippen LogP contribution is -2.23. The maximum Gasteiger partial charge on any atom is 0.119 e. The van der Waals surface area contributed by atoms with Gasteiger partial charge in [0.05, 0.1) is 6.61 Å². The maximum absolute atomic E-state index is 5.72. The van der Waals surface area contributed by atoms with Gasteiger partial charge in [-0.25, -0.2) is 0 Å². The molecule has 0 aliphatic heterocycles. The Morgan fingerprint density at radius 3 is 2.38 bits per heavy atom. The predicted molar refractivity (Wildman–Crippen MR) is 71.6 cm³/mol. The Morgan fingerprint density at radius 1 is 1.25 bits per heavy atom. The van der Waals surface area contributed by atoms with Crippen LogP contribution in [0.2, 0.25) is 0 Å². The number of hydrogen-bond acceptors (Lipinski definition) is 2. The minimum Gasteiger partial charge on any atom is -0.493 e. The van der Waals surface area contributed by atoms with Crippen molar-refractivity contribution in [3.05, 3.63) is 28.7 Å². The van der Waals surface area contributed by atoms with Crippen LogP contribution in [-0.4, -0.2) is 13.2 Å². The van der Waals surface area contributed by atoms with Gasteiger partial charge in [-0.15, -0.1) is 0 Å². The van der Waals surface area contributed by atoms with Crippen LogP contribution in [-0.2, 0) is 0 Å². The van der Waals surface area contributed by atoms with Gasteiger partial charge in [-0.2, -0.15) is 0 Å². The average Bonchev–Trinajstić information content (AvgIpc) is 2.26. The first-order chi connectivity index (χ1) is 7.61. The van der Waals surface area contributed by atoms with Gasteiger partial charge in [0.15, 0.2) is 0 Å². The molecule has 0 spiro atoms. The highest BCUT2D eigenvalue weighted by Gasteiger charge is 2.09. The summed E-state index contributed by atoms with van der Waals surface area (Å²) in [5, 5.41) is 0. The van der Waals surface area contributed by atoms with Crippen LogP contribution >= 0.6 is 15.9 Å². The molecule has 16 heavy (non-hydrogen) atoms. The van der Waals surface area contributed by atoms with E-state index in [2.05, 4.69) is 29.8 Å². The third kappa shape index (κ3) is 4.99. The van der Waals surface area contributed by atoms with Crippen LogP contribution in [0, 0.1) is 11.8 Å². The number of hydrogen-bond donors (Lipinski definition) is 1. The Kier molecular flexibility index (Phi) is 5.85. The first-order valence-electron chi connectivity index (χ1n) is 5.70. The monoisotopic (exact) mass is 285 g/mol. The molecule has 90 valence electrons. The molecule has 0 aliphatic rings. The number of rotatable bonds is 6. The summed E-state index contributed by atoms with van der Waals surface area (Å²) in [7, 11) is 0. The van der Waals surface area contributed by atoms with E-state index in [1.165, 1.54) is 0 Å². The Labute approximate surface area is 106 Å². The van der Waals surface area contributed by atoms with Crippen molar-refractivity contribution >= 4 is 15.9 Å². The molecule has 0 radical (unpaired) electrons. The summed E-state index contributed by atoms with van der Waals surface area (Å²) < 4.78 is 6.78. The van der Waals surface area contributed by atoms with E-state index in [0.717, 1.165) is 16.6 Å². The Morgan fingerprint density at radius 2 is 1.88 bits per heavy atom. The summed E-state index contributed by atoms with van der Waals surface area (Å²) in [5.41, 5.74) is 5.72. The highest BCUT2D eigenvalue weighted by molar-refractivity contribution is 9.10. The summed E-state index contributed by atoms with van der Waals surface area (Å²) in [6.45, 7) is 5.82. The van der Waals surface area contributed by atoms with E-state index >= 15 is 0 Å². The fourth-order valence-corrected chi connectivity index (χ4v) is 1.91. The smallest absolute Gasteiger partial charge is 0.119 e. The molecule has 2 N–H and O–H groups in total. The van der Waals surface area contributed by atoms with E-state index in [4.69, 9.17) is 10.5 Å². The van der Waals surface area contributed by atoms with Crippen LogP contribution in [0.5, 0.6) is 5.75 Å². The SMILES string of the molecule is CC(C)CC(CN)COc1ccc(Br)cc1. The predicted octanol–water partition coefficient (Wildman–Crippen LogP) is 3.45. The fourth-order valence-electron chi connectivity index (χ4n) is 1.64. The van der Waals surface area contributed by atoms with Gasteiger partial charge < -0.3 is 10.5 Å². The van der Waals surface area contributed by atoms with E-state index in [1.54, 1.807) is 0 Å². The molecule has 0 fully saturated rings. The summed E-state index contributed by atoms with van der Waals surface area (Å²) in [5.74, 6) is 2.02. The first kappa shape index (κ1) is 13.5. The zero-order valence-electron chi connectivity index (χ0n) is 9.95. The number of halogens is 1. The number of ether oxygens (including phenoxy) is 1. The van der Waals surface area contributed by atoms with Gasteiger partial charge in [0.1, 0.15) is 5.75 Å². The number of nitrogens with two attached hydrogens (primary N) is 1. The Hall–Kier alpha value is -0.540. The molecule has 1 aromatic carbocycles. The van der Waals surface area contributed by atoms with Crippen molar-refractivity contribution in [3.63, 3.8) is 0 Å². The van der Waals surface area contributed by atoms with Crippen molar-refractivity contribution < 1.29 is 4.74 Å². The van der Waals surface area contributed by atoms with Crippen LogP contribution in [0.1, 0.15) is 20.3 Å². The van der Waals surface area contributed by atoms with Gasteiger partial charge in [-0.1, -0.05) is 29.8 Å². The molecule has 0 amide bonds. The zero-order valence-corrected chi connectivity index (χ0v) is 11.5. The largest absolute Gasteiger partial charge is 0.493 e. The fraction of sp³-hybridized carbons (Fsp3) is 0.538. The molecule has 0 saturated heterocycles. The Bertz CT molecular complexity index is 297. The lowest BCUT2D eigenvalue weighted by atomic mass is 9.98. The van der Waals surface area contributed by atoms with E-state index in [-0.39, 0.29) is 0 Å². The average molecular weight is 286 g/mol. The van der Waals surface area contributed by atoms with E-state index in [9.17, 15) is 0 Å². The highest BCUT2D eigenvalue weighted by atomic mass is 79.9. The van der Waals surface area contributed by atoms with Crippen LogP contribution in [0.4, 0.5) is 0 Å².